The second-order valence-electron chi connectivity index (χ2n) is 9.75. The van der Waals surface area contributed by atoms with E-state index in [9.17, 15) is 19.5 Å². The molecule has 1 fully saturated rings. The molecule has 182 valence electrons. The highest BCUT2D eigenvalue weighted by Crippen LogP contribution is 2.44. The molecule has 0 radical (unpaired) electrons. The van der Waals surface area contributed by atoms with E-state index in [-0.39, 0.29) is 30.4 Å². The van der Waals surface area contributed by atoms with E-state index in [4.69, 9.17) is 4.74 Å². The number of amides is 2. The van der Waals surface area contributed by atoms with Crippen LogP contribution in [0.25, 0.3) is 11.1 Å². The number of carboxylic acid groups (broad SMARTS) is 1. The van der Waals surface area contributed by atoms with Gasteiger partial charge in [-0.2, -0.15) is 0 Å². The summed E-state index contributed by atoms with van der Waals surface area (Å²) >= 11 is 0. The number of fused-ring (bicyclic) bond motifs is 3. The summed E-state index contributed by atoms with van der Waals surface area (Å²) in [6.07, 6.45) is 6.65. The first kappa shape index (κ1) is 23.1. The third-order valence-corrected chi connectivity index (χ3v) is 7.23. The van der Waals surface area contributed by atoms with Crippen LogP contribution < -0.4 is 10.6 Å². The second kappa shape index (κ2) is 9.94. The first-order valence-electron chi connectivity index (χ1n) is 12.3. The number of carboxylic acids is 1. The van der Waals surface area contributed by atoms with Crippen molar-refractivity contribution in [2.75, 3.05) is 6.61 Å². The average molecular weight is 475 g/mol. The number of alkyl carbamates (subject to hydrolysis) is 1. The summed E-state index contributed by atoms with van der Waals surface area (Å²) in [6.45, 7) is 0.224. The van der Waals surface area contributed by atoms with Crippen LogP contribution >= 0.6 is 0 Å². The van der Waals surface area contributed by atoms with E-state index in [2.05, 4.69) is 34.9 Å². The quantitative estimate of drug-likeness (QED) is 0.497. The Morgan fingerprint density at radius 1 is 1.00 bits per heavy atom. The highest BCUT2D eigenvalue weighted by molar-refractivity contribution is 5.85. The van der Waals surface area contributed by atoms with E-state index in [1.54, 1.807) is 0 Å². The molecule has 35 heavy (non-hydrogen) atoms. The molecule has 0 aromatic heterocycles. The van der Waals surface area contributed by atoms with Gasteiger partial charge in [0.05, 0.1) is 6.04 Å². The van der Waals surface area contributed by atoms with Crippen LogP contribution in [0.1, 0.15) is 49.1 Å². The Bertz CT molecular complexity index is 1110. The van der Waals surface area contributed by atoms with Gasteiger partial charge in [0.2, 0.25) is 5.91 Å². The molecule has 1 saturated carbocycles. The first-order valence-corrected chi connectivity index (χ1v) is 12.3. The second-order valence-corrected chi connectivity index (χ2v) is 9.75. The number of aliphatic carboxylic acids is 1. The van der Waals surface area contributed by atoms with Crippen molar-refractivity contribution in [3.63, 3.8) is 0 Å². The van der Waals surface area contributed by atoms with Crippen LogP contribution in [0, 0.1) is 11.8 Å². The Morgan fingerprint density at radius 3 is 2.29 bits per heavy atom. The number of hydrogen-bond acceptors (Lipinski definition) is 4. The molecule has 2 aromatic carbocycles. The van der Waals surface area contributed by atoms with Crippen molar-refractivity contribution < 1.29 is 24.2 Å². The van der Waals surface area contributed by atoms with Crippen molar-refractivity contribution in [1.29, 1.82) is 0 Å². The Labute approximate surface area is 204 Å². The van der Waals surface area contributed by atoms with Gasteiger partial charge in [-0.1, -0.05) is 73.5 Å². The van der Waals surface area contributed by atoms with E-state index in [0.29, 0.717) is 25.2 Å². The Morgan fingerprint density at radius 2 is 1.66 bits per heavy atom. The molecule has 0 bridgehead atoms. The predicted octanol–water partition coefficient (Wildman–Crippen LogP) is 4.23. The molecule has 0 heterocycles. The molecule has 1 unspecified atom stereocenters. The van der Waals surface area contributed by atoms with Crippen LogP contribution in [-0.4, -0.2) is 41.8 Å². The van der Waals surface area contributed by atoms with Crippen LogP contribution in [0.2, 0.25) is 0 Å². The largest absolute Gasteiger partial charge is 0.480 e. The topological polar surface area (TPSA) is 105 Å². The van der Waals surface area contributed by atoms with Gasteiger partial charge in [0.25, 0.3) is 0 Å². The van der Waals surface area contributed by atoms with E-state index < -0.39 is 18.1 Å². The molecule has 7 heteroatoms. The molecule has 3 atom stereocenters. The predicted molar refractivity (Wildman–Crippen MR) is 131 cm³/mol. The third-order valence-electron chi connectivity index (χ3n) is 7.23. The van der Waals surface area contributed by atoms with E-state index >= 15 is 0 Å². The number of allylic oxidation sites excluding steroid dienone is 1. The maximum atomic E-state index is 12.7. The number of hydrogen-bond donors (Lipinski definition) is 3. The maximum absolute atomic E-state index is 12.7. The van der Waals surface area contributed by atoms with Crippen LogP contribution in [-0.2, 0) is 14.3 Å². The summed E-state index contributed by atoms with van der Waals surface area (Å²) in [5.74, 6) is -1.29. The summed E-state index contributed by atoms with van der Waals surface area (Å²) in [5.41, 5.74) is 4.63. The van der Waals surface area contributed by atoms with Crippen molar-refractivity contribution in [3.05, 3.63) is 71.8 Å². The van der Waals surface area contributed by atoms with Crippen LogP contribution in [0.3, 0.4) is 0 Å². The summed E-state index contributed by atoms with van der Waals surface area (Å²) in [6, 6.07) is 15.1. The minimum absolute atomic E-state index is 0.0204. The summed E-state index contributed by atoms with van der Waals surface area (Å²) in [4.78, 5) is 36.9. The lowest BCUT2D eigenvalue weighted by molar-refractivity contribution is -0.142. The van der Waals surface area contributed by atoms with Crippen molar-refractivity contribution in [2.45, 2.75) is 50.1 Å². The Kier molecular flexibility index (Phi) is 6.57. The highest BCUT2D eigenvalue weighted by Gasteiger charge is 2.33. The molecule has 2 amide bonds. The fraction of sp³-hybridized carbons (Fsp3) is 0.393. The van der Waals surface area contributed by atoms with Gasteiger partial charge in [-0.15, -0.1) is 0 Å². The van der Waals surface area contributed by atoms with Crippen LogP contribution in [0.15, 0.2) is 60.7 Å². The van der Waals surface area contributed by atoms with Gasteiger partial charge in [-0.05, 0) is 47.4 Å². The zero-order chi connectivity index (χ0) is 24.4. The Hall–Kier alpha value is -3.61. The van der Waals surface area contributed by atoms with Crippen LogP contribution in [0.4, 0.5) is 4.79 Å². The van der Waals surface area contributed by atoms with E-state index in [1.807, 2.05) is 36.4 Å². The zero-order valence-electron chi connectivity index (χ0n) is 19.5. The molecule has 0 aliphatic heterocycles. The summed E-state index contributed by atoms with van der Waals surface area (Å²) in [5, 5.41) is 15.0. The third kappa shape index (κ3) is 5.24. The number of nitrogens with one attached hydrogen (secondary N) is 2. The summed E-state index contributed by atoms with van der Waals surface area (Å²) < 4.78 is 5.62. The van der Waals surface area contributed by atoms with Crippen molar-refractivity contribution in [1.82, 2.24) is 10.6 Å². The van der Waals surface area contributed by atoms with Gasteiger partial charge >= 0.3 is 12.1 Å². The van der Waals surface area contributed by atoms with Crippen molar-refractivity contribution >= 4 is 18.0 Å². The standard InChI is InChI=1S/C28H30N2O5/c31-26(30-25(27(32)33)14-17-12-13-17)18-6-5-7-19(15-18)29-28(34)35-16-24-22-10-3-1-8-20(22)21-9-2-4-11-23(21)24/h1-5,7-11,17-19,24-25H,6,12-16H2,(H,29,34)(H,30,31)(H,32,33)/t18-,19-,25?/m1/s1. The minimum Gasteiger partial charge on any atom is -0.480 e. The molecule has 3 aliphatic rings. The summed E-state index contributed by atoms with van der Waals surface area (Å²) in [7, 11) is 0. The fourth-order valence-electron chi connectivity index (χ4n) is 5.20. The van der Waals surface area contributed by atoms with Gasteiger partial charge in [0, 0.05) is 11.8 Å². The van der Waals surface area contributed by atoms with E-state index in [0.717, 1.165) is 24.0 Å². The maximum Gasteiger partial charge on any atom is 0.407 e. The zero-order valence-corrected chi connectivity index (χ0v) is 19.5. The van der Waals surface area contributed by atoms with Gasteiger partial charge in [-0.3, -0.25) is 4.79 Å². The highest BCUT2D eigenvalue weighted by atomic mass is 16.5. The van der Waals surface area contributed by atoms with E-state index in [1.165, 1.54) is 11.1 Å². The van der Waals surface area contributed by atoms with Gasteiger partial charge in [0.1, 0.15) is 12.6 Å². The van der Waals surface area contributed by atoms with Crippen LogP contribution in [0.5, 0.6) is 0 Å². The molecule has 5 rings (SSSR count). The Balaban J connectivity index is 1.15. The molecule has 0 spiro atoms. The normalized spacial score (nSPS) is 21.5. The molecule has 3 aliphatic carbocycles. The lowest BCUT2D eigenvalue weighted by Gasteiger charge is -2.26. The number of ether oxygens (including phenoxy) is 1. The number of carbonyl (C=O) groups is 3. The lowest BCUT2D eigenvalue weighted by Crippen LogP contribution is -2.46. The molecular formula is C28H30N2O5. The van der Waals surface area contributed by atoms with Gasteiger partial charge < -0.3 is 20.5 Å². The first-order chi connectivity index (χ1) is 17.0. The molecule has 2 aromatic rings. The van der Waals surface area contributed by atoms with Crippen molar-refractivity contribution in [3.8, 4) is 11.1 Å². The number of rotatable bonds is 8. The molecule has 3 N–H and O–H groups in total. The monoisotopic (exact) mass is 474 g/mol. The molecule has 0 saturated heterocycles. The van der Waals surface area contributed by atoms with Gasteiger partial charge in [-0.25, -0.2) is 9.59 Å². The minimum atomic E-state index is -0.995. The molecular weight excluding hydrogens is 444 g/mol. The molecule has 7 nitrogen and oxygen atoms in total. The SMILES string of the molecule is O=C(N[C@@H]1C=CC[C@@H](C(=O)NC(CC2CC2)C(=O)O)C1)OCC1c2ccccc2-c2ccccc21. The lowest BCUT2D eigenvalue weighted by atomic mass is 9.90. The number of benzene rings is 2. The number of carbonyl (C=O) groups excluding carboxylic acids is 2. The smallest absolute Gasteiger partial charge is 0.407 e. The average Bonchev–Trinajstić information content (AvgIpc) is 3.63. The van der Waals surface area contributed by atoms with Crippen molar-refractivity contribution in [2.24, 2.45) is 11.8 Å². The fourth-order valence-corrected chi connectivity index (χ4v) is 5.20. The van der Waals surface area contributed by atoms with Gasteiger partial charge in [0.15, 0.2) is 0 Å².